The Morgan fingerprint density at radius 2 is 1.88 bits per heavy atom. The van der Waals surface area contributed by atoms with Crippen molar-refractivity contribution in [3.63, 3.8) is 0 Å². The Morgan fingerprint density at radius 3 is 2.50 bits per heavy atom. The second kappa shape index (κ2) is 4.93. The summed E-state index contributed by atoms with van der Waals surface area (Å²) >= 11 is 11.7. The Balaban J connectivity index is 2.17. The van der Waals surface area contributed by atoms with Crippen molar-refractivity contribution in [2.75, 3.05) is 13.1 Å². The zero-order valence-electron chi connectivity index (χ0n) is 8.79. The molecular weight excluding hydrogens is 245 g/mol. The van der Waals surface area contributed by atoms with Crippen LogP contribution in [0.15, 0.2) is 23.2 Å². The maximum Gasteiger partial charge on any atom is 0.196 e. The van der Waals surface area contributed by atoms with Crippen LogP contribution in [0.5, 0.6) is 0 Å². The van der Waals surface area contributed by atoms with E-state index in [1.165, 1.54) is 12.8 Å². The third kappa shape index (κ3) is 2.60. The number of halogens is 2. The fourth-order valence-electron chi connectivity index (χ4n) is 1.70. The molecule has 1 fully saturated rings. The van der Waals surface area contributed by atoms with E-state index in [0.717, 1.165) is 18.8 Å². The van der Waals surface area contributed by atoms with Crippen LogP contribution in [0.1, 0.15) is 12.8 Å². The van der Waals surface area contributed by atoms with Crippen molar-refractivity contribution in [1.82, 2.24) is 4.90 Å². The lowest BCUT2D eigenvalue weighted by atomic mass is 10.3. The minimum Gasteiger partial charge on any atom is -0.369 e. The molecule has 1 heterocycles. The van der Waals surface area contributed by atoms with E-state index in [-0.39, 0.29) is 0 Å². The molecule has 3 nitrogen and oxygen atoms in total. The second-order valence-electron chi connectivity index (χ2n) is 3.76. The maximum atomic E-state index is 5.90. The molecule has 16 heavy (non-hydrogen) atoms. The van der Waals surface area contributed by atoms with E-state index in [1.54, 1.807) is 18.2 Å². The number of nitrogens with zero attached hydrogens (tertiary/aromatic N) is 2. The molecule has 0 radical (unpaired) electrons. The molecule has 0 amide bonds. The highest BCUT2D eigenvalue weighted by atomic mass is 35.5. The van der Waals surface area contributed by atoms with Crippen LogP contribution in [0.3, 0.4) is 0 Å². The molecule has 1 aromatic carbocycles. The number of hydrogen-bond donors (Lipinski definition) is 1. The first-order valence-corrected chi connectivity index (χ1v) is 5.96. The lowest BCUT2D eigenvalue weighted by Crippen LogP contribution is -2.34. The van der Waals surface area contributed by atoms with Gasteiger partial charge in [-0.05, 0) is 31.0 Å². The van der Waals surface area contributed by atoms with Crippen molar-refractivity contribution in [2.45, 2.75) is 12.8 Å². The lowest BCUT2D eigenvalue weighted by molar-refractivity contribution is 0.513. The van der Waals surface area contributed by atoms with Gasteiger partial charge in [-0.3, -0.25) is 0 Å². The summed E-state index contributed by atoms with van der Waals surface area (Å²) in [6, 6.07) is 5.24. The summed E-state index contributed by atoms with van der Waals surface area (Å²) in [5, 5.41) is 1.03. The maximum absolute atomic E-state index is 5.90. The van der Waals surface area contributed by atoms with Crippen LogP contribution in [0.2, 0.25) is 10.0 Å². The molecule has 1 aliphatic heterocycles. The van der Waals surface area contributed by atoms with Gasteiger partial charge in [-0.2, -0.15) is 0 Å². The number of likely N-dealkylation sites (tertiary alicyclic amines) is 1. The summed E-state index contributed by atoms with van der Waals surface area (Å²) in [7, 11) is 0. The molecule has 0 aromatic heterocycles. The van der Waals surface area contributed by atoms with E-state index in [9.17, 15) is 0 Å². The molecule has 0 bridgehead atoms. The first-order valence-electron chi connectivity index (χ1n) is 5.21. The predicted molar refractivity (Wildman–Crippen MR) is 68.6 cm³/mol. The quantitative estimate of drug-likeness (QED) is 0.621. The third-order valence-corrected chi connectivity index (χ3v) is 3.32. The van der Waals surface area contributed by atoms with Gasteiger partial charge in [0.05, 0.1) is 15.7 Å². The van der Waals surface area contributed by atoms with Crippen molar-refractivity contribution in [3.8, 4) is 0 Å². The van der Waals surface area contributed by atoms with E-state index in [4.69, 9.17) is 28.9 Å². The van der Waals surface area contributed by atoms with Gasteiger partial charge in [0.25, 0.3) is 0 Å². The average Bonchev–Trinajstić information content (AvgIpc) is 2.77. The standard InChI is InChI=1S/C11H13Cl2N3/c12-9-4-3-8(7-10(9)13)15-11(14)16-5-1-2-6-16/h3-4,7H,1-2,5-6H2,(H2,14,15). The van der Waals surface area contributed by atoms with Gasteiger partial charge in [0, 0.05) is 13.1 Å². The van der Waals surface area contributed by atoms with E-state index in [1.807, 2.05) is 0 Å². The predicted octanol–water partition coefficient (Wildman–Crippen LogP) is 3.04. The molecule has 0 saturated carbocycles. The summed E-state index contributed by atoms with van der Waals surface area (Å²) in [4.78, 5) is 6.39. The smallest absolute Gasteiger partial charge is 0.196 e. The van der Waals surface area contributed by atoms with Gasteiger partial charge < -0.3 is 10.6 Å². The van der Waals surface area contributed by atoms with Gasteiger partial charge in [0.2, 0.25) is 0 Å². The minimum atomic E-state index is 0.497. The van der Waals surface area contributed by atoms with E-state index in [0.29, 0.717) is 16.0 Å². The molecule has 0 unspecified atom stereocenters. The zero-order chi connectivity index (χ0) is 11.5. The molecule has 1 aliphatic rings. The first-order chi connectivity index (χ1) is 7.66. The topological polar surface area (TPSA) is 41.6 Å². The fraction of sp³-hybridized carbons (Fsp3) is 0.364. The first kappa shape index (κ1) is 11.6. The van der Waals surface area contributed by atoms with E-state index >= 15 is 0 Å². The normalized spacial score (nSPS) is 16.9. The van der Waals surface area contributed by atoms with Gasteiger partial charge in [-0.25, -0.2) is 4.99 Å². The van der Waals surface area contributed by atoms with Crippen molar-refractivity contribution < 1.29 is 0 Å². The van der Waals surface area contributed by atoms with Gasteiger partial charge in [-0.15, -0.1) is 0 Å². The monoisotopic (exact) mass is 257 g/mol. The summed E-state index contributed by atoms with van der Waals surface area (Å²) < 4.78 is 0. The van der Waals surface area contributed by atoms with Crippen LogP contribution in [-0.2, 0) is 0 Å². The summed E-state index contributed by atoms with van der Waals surface area (Å²) in [5.41, 5.74) is 6.63. The molecule has 1 saturated heterocycles. The average molecular weight is 258 g/mol. The summed E-state index contributed by atoms with van der Waals surface area (Å²) in [6.45, 7) is 1.97. The zero-order valence-corrected chi connectivity index (χ0v) is 10.3. The van der Waals surface area contributed by atoms with Crippen LogP contribution < -0.4 is 5.73 Å². The Morgan fingerprint density at radius 1 is 1.19 bits per heavy atom. The highest BCUT2D eigenvalue weighted by molar-refractivity contribution is 6.42. The lowest BCUT2D eigenvalue weighted by Gasteiger charge is -2.15. The van der Waals surface area contributed by atoms with Gasteiger partial charge in [0.1, 0.15) is 0 Å². The molecule has 2 rings (SSSR count). The largest absolute Gasteiger partial charge is 0.369 e. The van der Waals surface area contributed by atoms with Gasteiger partial charge in [0.15, 0.2) is 5.96 Å². The molecule has 2 N–H and O–H groups in total. The number of rotatable bonds is 1. The molecule has 0 spiro atoms. The SMILES string of the molecule is NC(=Nc1ccc(Cl)c(Cl)c1)N1CCCC1. The summed E-state index contributed by atoms with van der Waals surface area (Å²) in [5.74, 6) is 0.552. The fourth-order valence-corrected chi connectivity index (χ4v) is 2.00. The van der Waals surface area contributed by atoms with E-state index in [2.05, 4.69) is 9.89 Å². The molecule has 0 aliphatic carbocycles. The van der Waals surface area contributed by atoms with Gasteiger partial charge in [-0.1, -0.05) is 23.2 Å². The molecule has 0 atom stereocenters. The number of aliphatic imine (C=N–C) groups is 1. The van der Waals surface area contributed by atoms with Crippen LogP contribution in [0.4, 0.5) is 5.69 Å². The van der Waals surface area contributed by atoms with Crippen molar-refractivity contribution in [2.24, 2.45) is 10.7 Å². The Kier molecular flexibility index (Phi) is 3.56. The molecular formula is C11H13Cl2N3. The minimum absolute atomic E-state index is 0.497. The number of guanidine groups is 1. The molecule has 86 valence electrons. The second-order valence-corrected chi connectivity index (χ2v) is 4.58. The molecule has 5 heteroatoms. The van der Waals surface area contributed by atoms with Crippen LogP contribution >= 0.6 is 23.2 Å². The number of hydrogen-bond acceptors (Lipinski definition) is 1. The van der Waals surface area contributed by atoms with Crippen molar-refractivity contribution in [3.05, 3.63) is 28.2 Å². The Labute approximate surface area is 105 Å². The Hall–Kier alpha value is -0.930. The highest BCUT2D eigenvalue weighted by Crippen LogP contribution is 2.26. The van der Waals surface area contributed by atoms with Crippen LogP contribution in [0.25, 0.3) is 0 Å². The van der Waals surface area contributed by atoms with Crippen molar-refractivity contribution in [1.29, 1.82) is 0 Å². The highest BCUT2D eigenvalue weighted by Gasteiger charge is 2.13. The van der Waals surface area contributed by atoms with Crippen molar-refractivity contribution >= 4 is 34.8 Å². The Bertz CT molecular complexity index is 412. The summed E-state index contributed by atoms with van der Waals surface area (Å²) in [6.07, 6.45) is 2.36. The molecule has 1 aromatic rings. The van der Waals surface area contributed by atoms with Crippen LogP contribution in [-0.4, -0.2) is 23.9 Å². The number of benzene rings is 1. The van der Waals surface area contributed by atoms with E-state index < -0.39 is 0 Å². The van der Waals surface area contributed by atoms with Gasteiger partial charge >= 0.3 is 0 Å². The third-order valence-electron chi connectivity index (χ3n) is 2.58. The van der Waals surface area contributed by atoms with Crippen LogP contribution in [0, 0.1) is 0 Å². The number of nitrogens with two attached hydrogens (primary N) is 1.